The molecule has 4 nitrogen and oxygen atoms in total. The lowest BCUT2D eigenvalue weighted by Crippen LogP contribution is -2.56. The van der Waals surface area contributed by atoms with Crippen LogP contribution in [-0.4, -0.2) is 47.3 Å². The van der Waals surface area contributed by atoms with Crippen molar-refractivity contribution in [1.82, 2.24) is 4.90 Å². The third-order valence-corrected chi connectivity index (χ3v) is 4.65. The molecule has 110 valence electrons. The Kier molecular flexibility index (Phi) is 5.22. The summed E-state index contributed by atoms with van der Waals surface area (Å²) in [6.45, 7) is 5.00. The molecule has 2 aliphatic heterocycles. The number of carbonyl (C=O) groups is 1. The van der Waals surface area contributed by atoms with E-state index in [4.69, 9.17) is 4.74 Å². The second-order valence-electron chi connectivity index (χ2n) is 6.08. The molecule has 4 heteroatoms. The summed E-state index contributed by atoms with van der Waals surface area (Å²) in [6.07, 6.45) is 8.15. The average Bonchev–Trinajstić information content (AvgIpc) is 2.40. The molecule has 19 heavy (non-hydrogen) atoms. The van der Waals surface area contributed by atoms with Crippen molar-refractivity contribution >= 4 is 5.97 Å². The number of hydrogen-bond acceptors (Lipinski definition) is 3. The van der Waals surface area contributed by atoms with E-state index >= 15 is 0 Å². The Hall–Kier alpha value is -0.610. The van der Waals surface area contributed by atoms with Gasteiger partial charge in [0.2, 0.25) is 0 Å². The van der Waals surface area contributed by atoms with Crippen molar-refractivity contribution in [3.8, 4) is 0 Å². The zero-order chi connectivity index (χ0) is 13.7. The highest BCUT2D eigenvalue weighted by Crippen LogP contribution is 2.37. The molecule has 0 aromatic rings. The molecular formula is C15H27NO3. The van der Waals surface area contributed by atoms with E-state index in [0.29, 0.717) is 6.61 Å². The van der Waals surface area contributed by atoms with E-state index < -0.39 is 5.97 Å². The highest BCUT2D eigenvalue weighted by molar-refractivity contribution is 5.68. The van der Waals surface area contributed by atoms with E-state index in [-0.39, 0.29) is 18.1 Å². The van der Waals surface area contributed by atoms with Crippen molar-refractivity contribution < 1.29 is 14.6 Å². The van der Waals surface area contributed by atoms with E-state index in [9.17, 15) is 9.90 Å². The maximum Gasteiger partial charge on any atom is 0.305 e. The third-order valence-electron chi connectivity index (χ3n) is 4.65. The first kappa shape index (κ1) is 14.8. The highest BCUT2D eigenvalue weighted by Gasteiger charge is 2.43. The molecule has 2 atom stereocenters. The topological polar surface area (TPSA) is 49.8 Å². The summed E-state index contributed by atoms with van der Waals surface area (Å²) in [4.78, 5) is 13.8. The number of ether oxygens (including phenoxy) is 1. The minimum Gasteiger partial charge on any atom is -0.481 e. The summed E-state index contributed by atoms with van der Waals surface area (Å²) in [7, 11) is 0. The molecule has 0 aliphatic carbocycles. The molecule has 1 N–H and O–H groups in total. The van der Waals surface area contributed by atoms with Crippen molar-refractivity contribution in [2.45, 2.75) is 69.9 Å². The van der Waals surface area contributed by atoms with Gasteiger partial charge >= 0.3 is 5.97 Å². The van der Waals surface area contributed by atoms with Gasteiger partial charge in [0.15, 0.2) is 0 Å². The number of carboxylic acids is 1. The van der Waals surface area contributed by atoms with Crippen LogP contribution < -0.4 is 0 Å². The standard InChI is InChI=1S/C15H27NO3/c1-2-6-13-11-15(7-10-19-13,12-14(17)18)16-8-4-3-5-9-16/h13H,2-12H2,1H3,(H,17,18). The normalized spacial score (nSPS) is 33.2. The van der Waals surface area contributed by atoms with Crippen molar-refractivity contribution in [3.63, 3.8) is 0 Å². The van der Waals surface area contributed by atoms with Crippen molar-refractivity contribution in [1.29, 1.82) is 0 Å². The third kappa shape index (κ3) is 3.69. The summed E-state index contributed by atoms with van der Waals surface area (Å²) in [5.74, 6) is -0.664. The van der Waals surface area contributed by atoms with Gasteiger partial charge in [-0.25, -0.2) is 0 Å². The van der Waals surface area contributed by atoms with E-state index in [1.54, 1.807) is 0 Å². The van der Waals surface area contributed by atoms with E-state index in [0.717, 1.165) is 38.8 Å². The van der Waals surface area contributed by atoms with E-state index in [1.807, 2.05) is 0 Å². The highest BCUT2D eigenvalue weighted by atomic mass is 16.5. The minimum absolute atomic E-state index is 0.148. The maximum absolute atomic E-state index is 11.3. The second-order valence-corrected chi connectivity index (χ2v) is 6.08. The van der Waals surface area contributed by atoms with Crippen molar-refractivity contribution in [3.05, 3.63) is 0 Å². The molecule has 0 spiro atoms. The number of rotatable bonds is 5. The molecule has 2 heterocycles. The number of piperidine rings is 1. The monoisotopic (exact) mass is 269 g/mol. The fourth-order valence-corrected chi connectivity index (χ4v) is 3.72. The van der Waals surface area contributed by atoms with Crippen LogP contribution >= 0.6 is 0 Å². The first-order chi connectivity index (χ1) is 9.16. The van der Waals surface area contributed by atoms with Crippen LogP contribution in [0.3, 0.4) is 0 Å². The Bertz CT molecular complexity index is 300. The van der Waals surface area contributed by atoms with Crippen LogP contribution in [-0.2, 0) is 9.53 Å². The zero-order valence-corrected chi connectivity index (χ0v) is 12.1. The predicted octanol–water partition coefficient (Wildman–Crippen LogP) is 2.66. The number of carboxylic acid groups (broad SMARTS) is 1. The van der Waals surface area contributed by atoms with Crippen molar-refractivity contribution in [2.24, 2.45) is 0 Å². The molecule has 0 saturated carbocycles. The second kappa shape index (κ2) is 6.71. The lowest BCUT2D eigenvalue weighted by atomic mass is 9.80. The van der Waals surface area contributed by atoms with Gasteiger partial charge in [-0.05, 0) is 45.2 Å². The van der Waals surface area contributed by atoms with Gasteiger partial charge < -0.3 is 9.84 Å². The minimum atomic E-state index is -0.664. The first-order valence-electron chi connectivity index (χ1n) is 7.75. The lowest BCUT2D eigenvalue weighted by Gasteiger charge is -2.49. The predicted molar refractivity (Wildman–Crippen MR) is 74.3 cm³/mol. The molecule has 0 aromatic heterocycles. The Labute approximate surface area is 116 Å². The fourth-order valence-electron chi connectivity index (χ4n) is 3.72. The van der Waals surface area contributed by atoms with Crippen LogP contribution in [0.25, 0.3) is 0 Å². The molecule has 0 radical (unpaired) electrons. The number of likely N-dealkylation sites (tertiary alicyclic amines) is 1. The van der Waals surface area contributed by atoms with Crippen LogP contribution in [0, 0.1) is 0 Å². The van der Waals surface area contributed by atoms with Gasteiger partial charge in [-0.15, -0.1) is 0 Å². The Morgan fingerprint density at radius 2 is 2.11 bits per heavy atom. The average molecular weight is 269 g/mol. The molecule has 0 amide bonds. The van der Waals surface area contributed by atoms with Gasteiger partial charge in [-0.2, -0.15) is 0 Å². The van der Waals surface area contributed by atoms with E-state index in [1.165, 1.54) is 19.3 Å². The van der Waals surface area contributed by atoms with Gasteiger partial charge in [-0.1, -0.05) is 19.8 Å². The molecule has 2 rings (SSSR count). The van der Waals surface area contributed by atoms with Gasteiger partial charge in [0.05, 0.1) is 12.5 Å². The Morgan fingerprint density at radius 3 is 2.74 bits per heavy atom. The SMILES string of the molecule is CCCC1CC(CC(=O)O)(N2CCCCC2)CCO1. The van der Waals surface area contributed by atoms with Crippen LogP contribution in [0.4, 0.5) is 0 Å². The first-order valence-corrected chi connectivity index (χ1v) is 7.75. The van der Waals surface area contributed by atoms with Crippen LogP contribution in [0.1, 0.15) is 58.3 Å². The summed E-state index contributed by atoms with van der Waals surface area (Å²) >= 11 is 0. The Balaban J connectivity index is 2.10. The molecular weight excluding hydrogens is 242 g/mol. The van der Waals surface area contributed by atoms with Crippen LogP contribution in [0.5, 0.6) is 0 Å². The molecule has 2 unspecified atom stereocenters. The van der Waals surface area contributed by atoms with Crippen molar-refractivity contribution in [2.75, 3.05) is 19.7 Å². The van der Waals surface area contributed by atoms with Gasteiger partial charge in [0.1, 0.15) is 0 Å². The number of nitrogens with zero attached hydrogens (tertiary/aromatic N) is 1. The van der Waals surface area contributed by atoms with Crippen LogP contribution in [0.15, 0.2) is 0 Å². The largest absolute Gasteiger partial charge is 0.481 e. The maximum atomic E-state index is 11.3. The summed E-state index contributed by atoms with van der Waals surface area (Å²) < 4.78 is 5.83. The number of hydrogen-bond donors (Lipinski definition) is 1. The zero-order valence-electron chi connectivity index (χ0n) is 12.1. The van der Waals surface area contributed by atoms with Gasteiger partial charge in [0.25, 0.3) is 0 Å². The molecule has 2 fully saturated rings. The van der Waals surface area contributed by atoms with Gasteiger partial charge in [0, 0.05) is 12.1 Å². The molecule has 0 bridgehead atoms. The summed E-state index contributed by atoms with van der Waals surface area (Å²) in [5, 5.41) is 9.31. The summed E-state index contributed by atoms with van der Waals surface area (Å²) in [6, 6.07) is 0. The lowest BCUT2D eigenvalue weighted by molar-refractivity contribution is -0.146. The Morgan fingerprint density at radius 1 is 1.37 bits per heavy atom. The summed E-state index contributed by atoms with van der Waals surface area (Å²) in [5.41, 5.74) is -0.148. The fraction of sp³-hybridized carbons (Fsp3) is 0.933. The van der Waals surface area contributed by atoms with Gasteiger partial charge in [-0.3, -0.25) is 9.69 Å². The molecule has 0 aromatic carbocycles. The molecule has 2 aliphatic rings. The smallest absolute Gasteiger partial charge is 0.305 e. The quantitative estimate of drug-likeness (QED) is 0.833. The van der Waals surface area contributed by atoms with E-state index in [2.05, 4.69) is 11.8 Å². The number of aliphatic carboxylic acids is 1. The molecule has 2 saturated heterocycles. The van der Waals surface area contributed by atoms with Crippen LogP contribution in [0.2, 0.25) is 0 Å².